The third-order valence-electron chi connectivity index (χ3n) is 3.54. The molecule has 0 aromatic carbocycles. The van der Waals surface area contributed by atoms with Crippen LogP contribution in [0.15, 0.2) is 22.8 Å². The van der Waals surface area contributed by atoms with Gasteiger partial charge in [-0.1, -0.05) is 0 Å². The molecule has 2 rings (SSSR count). The van der Waals surface area contributed by atoms with Crippen LogP contribution in [0.25, 0.3) is 0 Å². The molecule has 1 unspecified atom stereocenters. The zero-order valence-electron chi connectivity index (χ0n) is 12.1. The number of amides is 2. The number of carboxylic acid groups (broad SMARTS) is 1. The normalized spacial score (nSPS) is 18.0. The molecule has 0 saturated carbocycles. The third-order valence-corrected chi connectivity index (χ3v) is 3.54. The van der Waals surface area contributed by atoms with Crippen molar-refractivity contribution in [3.63, 3.8) is 0 Å². The summed E-state index contributed by atoms with van der Waals surface area (Å²) in [5, 5.41) is 11.7. The zero-order chi connectivity index (χ0) is 15.2. The summed E-state index contributed by atoms with van der Waals surface area (Å²) in [4.78, 5) is 26.5. The third kappa shape index (κ3) is 4.49. The van der Waals surface area contributed by atoms with Crippen LogP contribution in [-0.2, 0) is 4.79 Å². The molecular formula is C14H21N3O4. The van der Waals surface area contributed by atoms with Gasteiger partial charge in [0.05, 0.1) is 18.8 Å². The molecule has 1 fully saturated rings. The Morgan fingerprint density at radius 3 is 2.86 bits per heavy atom. The highest BCUT2D eigenvalue weighted by Gasteiger charge is 2.22. The van der Waals surface area contributed by atoms with Crippen LogP contribution in [0.5, 0.6) is 0 Å². The van der Waals surface area contributed by atoms with E-state index in [2.05, 4.69) is 5.32 Å². The Morgan fingerprint density at radius 1 is 1.38 bits per heavy atom. The summed E-state index contributed by atoms with van der Waals surface area (Å²) in [5.74, 6) is -0.120. The maximum absolute atomic E-state index is 12.2. The zero-order valence-corrected chi connectivity index (χ0v) is 12.1. The van der Waals surface area contributed by atoms with Gasteiger partial charge in [0.1, 0.15) is 5.76 Å². The fraction of sp³-hybridized carbons (Fsp3) is 0.571. The first kappa shape index (κ1) is 15.4. The molecule has 0 radical (unpaired) electrons. The van der Waals surface area contributed by atoms with E-state index in [-0.39, 0.29) is 18.6 Å². The molecule has 7 nitrogen and oxygen atoms in total. The Hall–Kier alpha value is -2.02. The van der Waals surface area contributed by atoms with Crippen LogP contribution in [0, 0.1) is 0 Å². The minimum atomic E-state index is -0.834. The number of carbonyl (C=O) groups excluding carboxylic acids is 1. The van der Waals surface area contributed by atoms with E-state index in [4.69, 9.17) is 9.52 Å². The number of rotatable bonds is 4. The van der Waals surface area contributed by atoms with Crippen molar-refractivity contribution in [3.8, 4) is 0 Å². The van der Waals surface area contributed by atoms with Crippen molar-refractivity contribution in [2.24, 2.45) is 0 Å². The second kappa shape index (κ2) is 7.12. The van der Waals surface area contributed by atoms with Gasteiger partial charge in [-0.15, -0.1) is 0 Å². The highest BCUT2D eigenvalue weighted by molar-refractivity contribution is 5.74. The molecule has 1 aromatic heterocycles. The number of furan rings is 1. The lowest BCUT2D eigenvalue weighted by Gasteiger charge is -2.23. The summed E-state index contributed by atoms with van der Waals surface area (Å²) in [5.41, 5.74) is 0. The molecule has 2 heterocycles. The van der Waals surface area contributed by atoms with Gasteiger partial charge in [-0.2, -0.15) is 0 Å². The molecule has 1 atom stereocenters. The van der Waals surface area contributed by atoms with E-state index in [0.717, 1.165) is 6.42 Å². The van der Waals surface area contributed by atoms with Crippen molar-refractivity contribution >= 4 is 12.0 Å². The van der Waals surface area contributed by atoms with Crippen LogP contribution in [0.4, 0.5) is 4.79 Å². The van der Waals surface area contributed by atoms with Gasteiger partial charge in [0.2, 0.25) is 0 Å². The maximum atomic E-state index is 12.2. The number of hydrogen-bond acceptors (Lipinski definition) is 4. The summed E-state index contributed by atoms with van der Waals surface area (Å²) in [6.45, 7) is 4.33. The Balaban J connectivity index is 1.84. The SMILES string of the molecule is CC(NC(=O)N1CCCN(CC(=O)O)CC1)c1ccco1. The van der Waals surface area contributed by atoms with Crippen molar-refractivity contribution < 1.29 is 19.1 Å². The van der Waals surface area contributed by atoms with Crippen LogP contribution < -0.4 is 5.32 Å². The molecule has 0 spiro atoms. The fourth-order valence-electron chi connectivity index (χ4n) is 2.41. The van der Waals surface area contributed by atoms with E-state index in [9.17, 15) is 9.59 Å². The number of carboxylic acids is 1. The fourth-order valence-corrected chi connectivity index (χ4v) is 2.41. The summed E-state index contributed by atoms with van der Waals surface area (Å²) in [6, 6.07) is 3.28. The van der Waals surface area contributed by atoms with Gasteiger partial charge in [0, 0.05) is 26.2 Å². The number of nitrogens with zero attached hydrogens (tertiary/aromatic N) is 2. The standard InChI is InChI=1S/C14H21N3O4/c1-11(12-4-2-9-21-12)15-14(20)17-6-3-5-16(7-8-17)10-13(18)19/h2,4,9,11H,3,5-8,10H2,1H3,(H,15,20)(H,18,19). The minimum absolute atomic E-state index is 0.0260. The van der Waals surface area contributed by atoms with E-state index >= 15 is 0 Å². The smallest absolute Gasteiger partial charge is 0.318 e. The van der Waals surface area contributed by atoms with Crippen LogP contribution in [0.1, 0.15) is 25.1 Å². The van der Waals surface area contributed by atoms with Crippen molar-refractivity contribution in [2.75, 3.05) is 32.7 Å². The molecule has 0 bridgehead atoms. The lowest BCUT2D eigenvalue weighted by Crippen LogP contribution is -2.43. The average molecular weight is 295 g/mol. The molecule has 1 aliphatic heterocycles. The molecular weight excluding hydrogens is 274 g/mol. The first-order valence-corrected chi connectivity index (χ1v) is 7.09. The highest BCUT2D eigenvalue weighted by atomic mass is 16.4. The summed E-state index contributed by atoms with van der Waals surface area (Å²) in [7, 11) is 0. The van der Waals surface area contributed by atoms with E-state index in [1.54, 1.807) is 17.2 Å². The average Bonchev–Trinajstić information content (AvgIpc) is 2.86. The van der Waals surface area contributed by atoms with Gasteiger partial charge in [0.15, 0.2) is 0 Å². The second-order valence-corrected chi connectivity index (χ2v) is 5.20. The maximum Gasteiger partial charge on any atom is 0.318 e. The van der Waals surface area contributed by atoms with Crippen LogP contribution in [-0.4, -0.2) is 59.6 Å². The molecule has 1 saturated heterocycles. The molecule has 21 heavy (non-hydrogen) atoms. The molecule has 0 aliphatic carbocycles. The van der Waals surface area contributed by atoms with Crippen molar-refractivity contribution in [1.29, 1.82) is 0 Å². The lowest BCUT2D eigenvalue weighted by molar-refractivity contribution is -0.138. The number of nitrogens with one attached hydrogen (secondary N) is 1. The van der Waals surface area contributed by atoms with E-state index in [1.165, 1.54) is 0 Å². The van der Waals surface area contributed by atoms with Gasteiger partial charge < -0.3 is 19.7 Å². The summed E-state index contributed by atoms with van der Waals surface area (Å²) >= 11 is 0. The Kier molecular flexibility index (Phi) is 5.21. The minimum Gasteiger partial charge on any atom is -0.480 e. The number of carbonyl (C=O) groups is 2. The van der Waals surface area contributed by atoms with Gasteiger partial charge in [-0.3, -0.25) is 9.69 Å². The summed E-state index contributed by atoms with van der Waals surface area (Å²) < 4.78 is 5.26. The summed E-state index contributed by atoms with van der Waals surface area (Å²) in [6.07, 6.45) is 2.35. The van der Waals surface area contributed by atoms with Crippen LogP contribution in [0.3, 0.4) is 0 Å². The van der Waals surface area contributed by atoms with Crippen LogP contribution in [0.2, 0.25) is 0 Å². The Morgan fingerprint density at radius 2 is 2.19 bits per heavy atom. The molecule has 7 heteroatoms. The van der Waals surface area contributed by atoms with Crippen molar-refractivity contribution in [3.05, 3.63) is 24.2 Å². The Bertz CT molecular complexity index is 475. The van der Waals surface area contributed by atoms with Crippen molar-refractivity contribution in [2.45, 2.75) is 19.4 Å². The topological polar surface area (TPSA) is 86.0 Å². The number of aliphatic carboxylic acids is 1. The molecule has 1 aromatic rings. The largest absolute Gasteiger partial charge is 0.480 e. The highest BCUT2D eigenvalue weighted by Crippen LogP contribution is 2.13. The predicted molar refractivity (Wildman–Crippen MR) is 75.9 cm³/mol. The quantitative estimate of drug-likeness (QED) is 0.870. The van der Waals surface area contributed by atoms with E-state index in [1.807, 2.05) is 17.9 Å². The molecule has 2 amide bonds. The first-order chi connectivity index (χ1) is 10.1. The molecule has 2 N–H and O–H groups in total. The molecule has 116 valence electrons. The van der Waals surface area contributed by atoms with Crippen LogP contribution >= 0.6 is 0 Å². The molecule has 1 aliphatic rings. The van der Waals surface area contributed by atoms with Gasteiger partial charge in [-0.25, -0.2) is 4.79 Å². The monoisotopic (exact) mass is 295 g/mol. The Labute approximate surface area is 123 Å². The second-order valence-electron chi connectivity index (χ2n) is 5.20. The van der Waals surface area contributed by atoms with Gasteiger partial charge in [-0.05, 0) is 25.5 Å². The number of hydrogen-bond donors (Lipinski definition) is 2. The van der Waals surface area contributed by atoms with E-state index < -0.39 is 5.97 Å². The van der Waals surface area contributed by atoms with Gasteiger partial charge >= 0.3 is 12.0 Å². The number of urea groups is 1. The van der Waals surface area contributed by atoms with Gasteiger partial charge in [0.25, 0.3) is 0 Å². The lowest BCUT2D eigenvalue weighted by atomic mass is 10.2. The first-order valence-electron chi connectivity index (χ1n) is 7.09. The predicted octanol–water partition coefficient (Wildman–Crippen LogP) is 1.14. The van der Waals surface area contributed by atoms with E-state index in [0.29, 0.717) is 31.9 Å². The van der Waals surface area contributed by atoms with Crippen molar-refractivity contribution in [1.82, 2.24) is 15.1 Å².